The normalized spacial score (nSPS) is 22.2. The van der Waals surface area contributed by atoms with Gasteiger partial charge in [-0.2, -0.15) is 8.42 Å². The Morgan fingerprint density at radius 2 is 1.41 bits per heavy atom. The fraction of sp³-hybridized carbons (Fsp3) is 0.391. The van der Waals surface area contributed by atoms with Crippen LogP contribution in [-0.4, -0.2) is 47.3 Å². The predicted molar refractivity (Wildman–Crippen MR) is 115 cm³/mol. The van der Waals surface area contributed by atoms with E-state index in [0.29, 0.717) is 19.3 Å². The maximum Gasteiger partial charge on any atom is 0.400 e. The summed E-state index contributed by atoms with van der Waals surface area (Å²) in [6.07, 6.45) is 1.36. The van der Waals surface area contributed by atoms with E-state index in [2.05, 4.69) is 4.18 Å². The van der Waals surface area contributed by atoms with Gasteiger partial charge in [-0.25, -0.2) is 8.37 Å². The van der Waals surface area contributed by atoms with Crippen molar-refractivity contribution in [1.82, 2.24) is 0 Å². The van der Waals surface area contributed by atoms with Crippen LogP contribution in [0.3, 0.4) is 0 Å². The van der Waals surface area contributed by atoms with Gasteiger partial charge in [0.15, 0.2) is 5.41 Å². The molecule has 4 rings (SSSR count). The van der Waals surface area contributed by atoms with Crippen molar-refractivity contribution in [3.63, 3.8) is 0 Å². The molecule has 2 aliphatic rings. The largest absolute Gasteiger partial charge is 0.468 e. The van der Waals surface area contributed by atoms with Crippen LogP contribution in [-0.2, 0) is 50.7 Å². The number of rotatable bonds is 6. The summed E-state index contributed by atoms with van der Waals surface area (Å²) in [5.41, 5.74) is 1.06. The summed E-state index contributed by atoms with van der Waals surface area (Å²) in [7, 11) is -1.12. The van der Waals surface area contributed by atoms with Crippen molar-refractivity contribution in [3.05, 3.63) is 71.8 Å². The first-order valence-electron chi connectivity index (χ1n) is 10.1. The van der Waals surface area contributed by atoms with E-state index in [0.717, 1.165) is 11.1 Å². The number of ether oxygens (including phenoxy) is 2. The number of esters is 2. The first kappa shape index (κ1) is 23.9. The standard InChI is InChI=1S/C14H16O4.C9H10O4S/c1-17-12(15)14(13(16)18-2)9-11(14)8-10-6-4-3-5-7-10;10-14(11)12-7-9(13-14)6-8-4-2-1-3-5-8/h3-7,11H,8-9H2,1-2H3;1-5,9H,6-7H2/t11-;9-/m10/s1. The van der Waals surface area contributed by atoms with Crippen molar-refractivity contribution in [2.24, 2.45) is 11.3 Å². The Labute approximate surface area is 187 Å². The Hall–Kier alpha value is -2.75. The molecule has 1 saturated heterocycles. The van der Waals surface area contributed by atoms with E-state index >= 15 is 0 Å². The van der Waals surface area contributed by atoms with Gasteiger partial charge in [-0.3, -0.25) is 9.59 Å². The van der Waals surface area contributed by atoms with Crippen LogP contribution in [0.4, 0.5) is 0 Å². The Kier molecular flexibility index (Phi) is 7.65. The molecule has 0 unspecified atom stereocenters. The summed E-state index contributed by atoms with van der Waals surface area (Å²) < 4.78 is 40.2. The number of benzene rings is 2. The lowest BCUT2D eigenvalue weighted by molar-refractivity contribution is -0.162. The van der Waals surface area contributed by atoms with Crippen molar-refractivity contribution in [1.29, 1.82) is 0 Å². The minimum absolute atomic E-state index is 0.0280. The highest BCUT2D eigenvalue weighted by Gasteiger charge is 2.67. The number of hydrogen-bond acceptors (Lipinski definition) is 8. The Bertz CT molecular complexity index is 1000. The van der Waals surface area contributed by atoms with Gasteiger partial charge in [-0.15, -0.1) is 0 Å². The van der Waals surface area contributed by atoms with Crippen LogP contribution in [0.5, 0.6) is 0 Å². The van der Waals surface area contributed by atoms with Crippen LogP contribution in [0.25, 0.3) is 0 Å². The Morgan fingerprint density at radius 1 is 0.906 bits per heavy atom. The van der Waals surface area contributed by atoms with Gasteiger partial charge in [0, 0.05) is 6.42 Å². The molecule has 0 aromatic heterocycles. The van der Waals surface area contributed by atoms with Gasteiger partial charge in [-0.1, -0.05) is 60.7 Å². The molecule has 1 aliphatic heterocycles. The SMILES string of the molecule is COC(=O)C1(C(=O)OC)C[C@H]1Cc1ccccc1.O=S1(=O)OC[C@H](Cc2ccccc2)O1. The van der Waals surface area contributed by atoms with Gasteiger partial charge in [0.25, 0.3) is 0 Å². The topological polar surface area (TPSA) is 105 Å². The second-order valence-electron chi connectivity index (χ2n) is 7.65. The first-order valence-corrected chi connectivity index (χ1v) is 11.5. The summed E-state index contributed by atoms with van der Waals surface area (Å²) in [6, 6.07) is 19.3. The predicted octanol–water partition coefficient (Wildman–Crippen LogP) is 2.47. The molecule has 8 nitrogen and oxygen atoms in total. The zero-order valence-electron chi connectivity index (χ0n) is 17.9. The van der Waals surface area contributed by atoms with Crippen LogP contribution in [0.1, 0.15) is 17.5 Å². The minimum atomic E-state index is -3.72. The number of hydrogen-bond donors (Lipinski definition) is 0. The molecule has 9 heteroatoms. The van der Waals surface area contributed by atoms with Gasteiger partial charge < -0.3 is 9.47 Å². The third-order valence-corrected chi connectivity index (χ3v) is 6.42. The molecule has 32 heavy (non-hydrogen) atoms. The second kappa shape index (κ2) is 10.2. The Morgan fingerprint density at radius 3 is 1.84 bits per heavy atom. The fourth-order valence-electron chi connectivity index (χ4n) is 3.77. The van der Waals surface area contributed by atoms with Crippen molar-refractivity contribution in [3.8, 4) is 0 Å². The van der Waals surface area contributed by atoms with E-state index in [4.69, 9.17) is 13.7 Å². The van der Waals surface area contributed by atoms with Gasteiger partial charge >= 0.3 is 22.3 Å². The van der Waals surface area contributed by atoms with Gasteiger partial charge in [-0.05, 0) is 29.9 Å². The molecule has 2 fully saturated rings. The van der Waals surface area contributed by atoms with Crippen molar-refractivity contribution in [2.75, 3.05) is 20.8 Å². The molecule has 1 saturated carbocycles. The van der Waals surface area contributed by atoms with Gasteiger partial charge in [0.1, 0.15) is 6.10 Å². The lowest BCUT2D eigenvalue weighted by Crippen LogP contribution is -2.30. The summed E-state index contributed by atoms with van der Waals surface area (Å²) in [4.78, 5) is 23.5. The molecule has 2 aromatic carbocycles. The van der Waals surface area contributed by atoms with Crippen LogP contribution in [0.2, 0.25) is 0 Å². The van der Waals surface area contributed by atoms with E-state index in [9.17, 15) is 18.0 Å². The van der Waals surface area contributed by atoms with E-state index in [1.807, 2.05) is 60.7 Å². The monoisotopic (exact) mass is 462 g/mol. The molecule has 0 N–H and O–H groups in total. The van der Waals surface area contributed by atoms with Crippen molar-refractivity contribution < 1.29 is 35.8 Å². The average molecular weight is 463 g/mol. The highest BCUT2D eigenvalue weighted by molar-refractivity contribution is 7.82. The molecule has 2 aromatic rings. The maximum atomic E-state index is 11.8. The van der Waals surface area contributed by atoms with Crippen LogP contribution in [0.15, 0.2) is 60.7 Å². The number of methoxy groups -OCH3 is 2. The zero-order valence-corrected chi connectivity index (χ0v) is 18.7. The molecule has 0 radical (unpaired) electrons. The highest BCUT2D eigenvalue weighted by Crippen LogP contribution is 2.55. The quantitative estimate of drug-likeness (QED) is 0.476. The Balaban J connectivity index is 0.000000186. The fourth-order valence-corrected chi connectivity index (χ4v) is 4.60. The highest BCUT2D eigenvalue weighted by atomic mass is 32.3. The molecule has 0 bridgehead atoms. The number of carbonyl (C=O) groups excluding carboxylic acids is 2. The smallest absolute Gasteiger partial charge is 0.400 e. The van der Waals surface area contributed by atoms with E-state index < -0.39 is 27.8 Å². The van der Waals surface area contributed by atoms with E-state index in [1.54, 1.807) is 0 Å². The summed E-state index contributed by atoms with van der Waals surface area (Å²) >= 11 is 0. The van der Waals surface area contributed by atoms with Gasteiger partial charge in [0.05, 0.1) is 20.8 Å². The molecule has 172 valence electrons. The zero-order chi connectivity index (χ0) is 23.2. The average Bonchev–Trinajstić information content (AvgIpc) is 3.42. The van der Waals surface area contributed by atoms with Gasteiger partial charge in [0.2, 0.25) is 0 Å². The lowest BCUT2D eigenvalue weighted by atomic mass is 9.99. The summed E-state index contributed by atoms with van der Waals surface area (Å²) in [6.45, 7) is 0.108. The van der Waals surface area contributed by atoms with Crippen molar-refractivity contribution in [2.45, 2.75) is 25.4 Å². The van der Waals surface area contributed by atoms with E-state index in [-0.39, 0.29) is 18.6 Å². The molecule has 1 aliphatic carbocycles. The second-order valence-corrected chi connectivity index (χ2v) is 8.89. The summed E-state index contributed by atoms with van der Waals surface area (Å²) in [5.74, 6) is -1.01. The minimum Gasteiger partial charge on any atom is -0.468 e. The van der Waals surface area contributed by atoms with Crippen molar-refractivity contribution >= 4 is 22.3 Å². The summed E-state index contributed by atoms with van der Waals surface area (Å²) in [5, 5.41) is 0. The third-order valence-electron chi connectivity index (χ3n) is 5.49. The molecule has 0 spiro atoms. The van der Waals surface area contributed by atoms with Crippen LogP contribution in [0, 0.1) is 11.3 Å². The molecule has 2 atom stereocenters. The third kappa shape index (κ3) is 5.73. The maximum absolute atomic E-state index is 11.8. The number of carbonyl (C=O) groups is 2. The van der Waals surface area contributed by atoms with Crippen LogP contribution >= 0.6 is 0 Å². The molecular formula is C23H26O8S. The first-order chi connectivity index (χ1) is 15.3. The molecule has 1 heterocycles. The van der Waals surface area contributed by atoms with Crippen LogP contribution < -0.4 is 0 Å². The lowest BCUT2D eigenvalue weighted by Gasteiger charge is -2.12. The molecule has 0 amide bonds. The molecular weight excluding hydrogens is 436 g/mol. The van der Waals surface area contributed by atoms with E-state index in [1.165, 1.54) is 14.2 Å².